The first-order valence-electron chi connectivity index (χ1n) is 15.7. The third-order valence-corrected chi connectivity index (χ3v) is 9.24. The van der Waals surface area contributed by atoms with Gasteiger partial charge in [0.15, 0.2) is 6.29 Å². The van der Waals surface area contributed by atoms with Crippen molar-refractivity contribution in [1.82, 2.24) is 4.90 Å². The molecule has 7 nitrogen and oxygen atoms in total. The van der Waals surface area contributed by atoms with E-state index in [1.165, 1.54) is 21.2 Å². The summed E-state index contributed by atoms with van der Waals surface area (Å²) in [5.41, 5.74) is 5.23. The summed E-state index contributed by atoms with van der Waals surface area (Å²) < 4.78 is 13.1. The fourth-order valence-electron chi connectivity index (χ4n) is 6.44. The van der Waals surface area contributed by atoms with Crippen LogP contribution in [0.15, 0.2) is 115 Å². The Morgan fingerprint density at radius 2 is 1.41 bits per heavy atom. The highest BCUT2D eigenvalue weighted by Gasteiger charge is 2.37. The molecule has 5 aromatic carbocycles. The van der Waals surface area contributed by atoms with E-state index in [-0.39, 0.29) is 36.7 Å². The Kier molecular flexibility index (Phi) is 8.23. The number of nitrogens with zero attached hydrogens (tertiary/aromatic N) is 2. The normalized spacial score (nSPS) is 20.3. The van der Waals surface area contributed by atoms with Crippen LogP contribution in [-0.2, 0) is 16.1 Å². The van der Waals surface area contributed by atoms with Crippen LogP contribution in [0.2, 0.25) is 0 Å². The van der Waals surface area contributed by atoms with Gasteiger partial charge in [0.1, 0.15) is 0 Å². The van der Waals surface area contributed by atoms with Gasteiger partial charge in [-0.2, -0.15) is 0 Å². The smallest absolute Gasteiger partial charge is 0.266 e. The lowest BCUT2D eigenvalue weighted by Gasteiger charge is -2.39. The van der Waals surface area contributed by atoms with Crippen molar-refractivity contribution in [2.24, 2.45) is 0 Å². The predicted molar refractivity (Wildman–Crippen MR) is 177 cm³/mol. The van der Waals surface area contributed by atoms with Gasteiger partial charge in [-0.15, -0.1) is 0 Å². The van der Waals surface area contributed by atoms with Crippen molar-refractivity contribution in [3.05, 3.63) is 149 Å². The topological polar surface area (TPSA) is 79.3 Å². The zero-order chi connectivity index (χ0) is 31.8. The molecular weight excluding hydrogens is 576 g/mol. The number of imide groups is 1. The number of carbonyl (C=O) groups is 2. The van der Waals surface area contributed by atoms with Crippen molar-refractivity contribution in [2.75, 3.05) is 18.5 Å². The van der Waals surface area contributed by atoms with E-state index in [0.29, 0.717) is 29.8 Å². The molecule has 0 aliphatic carbocycles. The van der Waals surface area contributed by atoms with Crippen molar-refractivity contribution < 1.29 is 24.2 Å². The number of rotatable bonds is 8. The molecular formula is C39H36N2O5. The number of benzene rings is 5. The van der Waals surface area contributed by atoms with Crippen LogP contribution in [0.3, 0.4) is 0 Å². The van der Waals surface area contributed by atoms with Crippen LogP contribution in [0.4, 0.5) is 5.69 Å². The number of aliphatic hydroxyl groups excluding tert-OH is 1. The van der Waals surface area contributed by atoms with E-state index < -0.39 is 6.29 Å². The Morgan fingerprint density at radius 1 is 0.783 bits per heavy atom. The largest absolute Gasteiger partial charge is 0.392 e. The van der Waals surface area contributed by atoms with Crippen LogP contribution < -0.4 is 4.90 Å². The van der Waals surface area contributed by atoms with E-state index in [1.807, 2.05) is 36.4 Å². The molecule has 0 saturated carbocycles. The van der Waals surface area contributed by atoms with Gasteiger partial charge in [-0.1, -0.05) is 84.9 Å². The van der Waals surface area contributed by atoms with Crippen molar-refractivity contribution in [1.29, 1.82) is 0 Å². The average molecular weight is 613 g/mol. The van der Waals surface area contributed by atoms with Gasteiger partial charge in [0.2, 0.25) is 0 Å². The average Bonchev–Trinajstić information content (AvgIpc) is 3.36. The fourth-order valence-corrected chi connectivity index (χ4v) is 6.44. The van der Waals surface area contributed by atoms with Gasteiger partial charge in [-0.3, -0.25) is 14.5 Å². The summed E-state index contributed by atoms with van der Waals surface area (Å²) in [5.74, 6) is -0.651. The molecule has 7 heteroatoms. The zero-order valence-electron chi connectivity index (χ0n) is 25.9. The lowest BCUT2D eigenvalue weighted by atomic mass is 9.98. The molecule has 46 heavy (non-hydrogen) atoms. The third-order valence-electron chi connectivity index (χ3n) is 9.24. The summed E-state index contributed by atoms with van der Waals surface area (Å²) in [5, 5.41) is 12.0. The molecule has 5 aromatic rings. The molecule has 0 radical (unpaired) electrons. The molecule has 4 unspecified atom stereocenters. The number of hydrogen-bond donors (Lipinski definition) is 1. The number of likely N-dealkylation sites (N-methyl/N-ethyl adjacent to an activating group) is 1. The Hall–Kier alpha value is -4.66. The summed E-state index contributed by atoms with van der Waals surface area (Å²) in [6.45, 7) is 2.88. The first kappa shape index (κ1) is 30.0. The number of anilines is 1. The minimum absolute atomic E-state index is 0.0168. The molecule has 1 saturated heterocycles. The van der Waals surface area contributed by atoms with Gasteiger partial charge in [0.05, 0.1) is 35.6 Å². The van der Waals surface area contributed by atoms with Crippen molar-refractivity contribution in [2.45, 2.75) is 44.5 Å². The molecule has 1 N–H and O–H groups in total. The highest BCUT2D eigenvalue weighted by Crippen LogP contribution is 2.39. The Bertz CT molecular complexity index is 1850. The van der Waals surface area contributed by atoms with Crippen LogP contribution in [0.5, 0.6) is 0 Å². The molecule has 0 aromatic heterocycles. The van der Waals surface area contributed by atoms with E-state index in [0.717, 1.165) is 16.7 Å². The minimum atomic E-state index is -0.651. The number of aliphatic hydroxyl groups is 1. The van der Waals surface area contributed by atoms with E-state index in [4.69, 9.17) is 9.47 Å². The van der Waals surface area contributed by atoms with Gasteiger partial charge < -0.3 is 14.6 Å². The molecule has 1 fully saturated rings. The first-order chi connectivity index (χ1) is 22.4. The molecule has 0 bridgehead atoms. The monoisotopic (exact) mass is 612 g/mol. The molecule has 0 spiro atoms. The zero-order valence-corrected chi connectivity index (χ0v) is 25.9. The first-order valence-corrected chi connectivity index (χ1v) is 15.7. The second-order valence-corrected chi connectivity index (χ2v) is 12.2. The van der Waals surface area contributed by atoms with Crippen LogP contribution >= 0.6 is 0 Å². The van der Waals surface area contributed by atoms with E-state index in [1.54, 1.807) is 36.4 Å². The maximum Gasteiger partial charge on any atom is 0.266 e. The number of fused-ring (bicyclic) bond motifs is 2. The van der Waals surface area contributed by atoms with Crippen molar-refractivity contribution in [3.8, 4) is 0 Å². The molecule has 2 heterocycles. The second-order valence-electron chi connectivity index (χ2n) is 12.2. The van der Waals surface area contributed by atoms with Crippen LogP contribution in [0, 0.1) is 0 Å². The predicted octanol–water partition coefficient (Wildman–Crippen LogP) is 7.37. The molecule has 7 rings (SSSR count). The maximum atomic E-state index is 13.0. The van der Waals surface area contributed by atoms with E-state index in [2.05, 4.69) is 61.3 Å². The van der Waals surface area contributed by atoms with Crippen LogP contribution in [-0.4, -0.2) is 41.5 Å². The number of carbonyl (C=O) groups excluding carboxylic acids is 2. The molecule has 2 aliphatic rings. The lowest BCUT2D eigenvalue weighted by molar-refractivity contribution is -0.253. The van der Waals surface area contributed by atoms with Crippen molar-refractivity contribution >= 4 is 28.3 Å². The Morgan fingerprint density at radius 3 is 2.09 bits per heavy atom. The molecule has 4 atom stereocenters. The van der Waals surface area contributed by atoms with Crippen molar-refractivity contribution in [3.63, 3.8) is 0 Å². The summed E-state index contributed by atoms with van der Waals surface area (Å²) in [6.07, 6.45) is -0.347. The standard InChI is InChI=1S/C39H36N2O5/c1-25(30-16-15-27-7-3-4-8-31(27)21-30)40(2)23-33-22-36(28-13-11-26(24-42)12-14-28)46-39(45-33)29-17-19-32(20-18-29)41-37(43)34-9-5-6-10-35(34)38(41)44/h3-21,25,33,36,39,42H,22-24H2,1-2H3. The number of amides is 2. The second kappa shape index (κ2) is 12.6. The highest BCUT2D eigenvalue weighted by molar-refractivity contribution is 6.34. The molecule has 2 aliphatic heterocycles. The lowest BCUT2D eigenvalue weighted by Crippen LogP contribution is -2.38. The third kappa shape index (κ3) is 5.74. The SMILES string of the molecule is CC(c1ccc2ccccc2c1)N(C)CC1CC(c2ccc(CO)cc2)OC(c2ccc(N3C(=O)c4ccccc4C3=O)cc2)O1. The Labute approximate surface area is 268 Å². The highest BCUT2D eigenvalue weighted by atomic mass is 16.7. The quantitative estimate of drug-likeness (QED) is 0.184. The fraction of sp³-hybridized carbons (Fsp3) is 0.231. The molecule has 232 valence electrons. The van der Waals surface area contributed by atoms with Crippen LogP contribution in [0.25, 0.3) is 10.8 Å². The summed E-state index contributed by atoms with van der Waals surface area (Å²) in [7, 11) is 2.12. The minimum Gasteiger partial charge on any atom is -0.392 e. The van der Waals surface area contributed by atoms with Crippen LogP contribution in [0.1, 0.15) is 74.8 Å². The number of ether oxygens (including phenoxy) is 2. The van der Waals surface area contributed by atoms with Gasteiger partial charge in [0, 0.05) is 24.6 Å². The summed E-state index contributed by atoms with van der Waals surface area (Å²) in [4.78, 5) is 29.6. The maximum absolute atomic E-state index is 13.0. The summed E-state index contributed by atoms with van der Waals surface area (Å²) >= 11 is 0. The Balaban J connectivity index is 1.12. The van der Waals surface area contributed by atoms with Gasteiger partial charge in [-0.25, -0.2) is 4.90 Å². The summed E-state index contributed by atoms with van der Waals surface area (Å²) in [6, 6.07) is 37.2. The number of hydrogen-bond acceptors (Lipinski definition) is 6. The van der Waals surface area contributed by atoms with E-state index in [9.17, 15) is 14.7 Å². The van der Waals surface area contributed by atoms with Gasteiger partial charge >= 0.3 is 0 Å². The van der Waals surface area contributed by atoms with Gasteiger partial charge in [-0.05, 0) is 71.8 Å². The van der Waals surface area contributed by atoms with E-state index >= 15 is 0 Å². The van der Waals surface area contributed by atoms with Gasteiger partial charge in [0.25, 0.3) is 11.8 Å². The molecule has 2 amide bonds.